The molecule has 0 bridgehead atoms. The van der Waals surface area contributed by atoms with Crippen LogP contribution in [0.15, 0.2) is 42.7 Å². The molecule has 0 spiro atoms. The Bertz CT molecular complexity index is 1400. The number of hydrogen-bond donors (Lipinski definition) is 6. The molecule has 2 heterocycles. The number of rotatable bonds is 5. The molecule has 172 valence electrons. The first-order valence-corrected chi connectivity index (χ1v) is 10.1. The van der Waals surface area contributed by atoms with Crippen LogP contribution in [0.1, 0.15) is 43.2 Å². The van der Waals surface area contributed by atoms with E-state index >= 15 is 0 Å². The van der Waals surface area contributed by atoms with Crippen molar-refractivity contribution in [3.05, 3.63) is 56.2 Å². The number of unbranched alkanes of at least 4 members (excludes halogenated alkanes) is 1. The van der Waals surface area contributed by atoms with E-state index in [0.717, 1.165) is 12.1 Å². The summed E-state index contributed by atoms with van der Waals surface area (Å²) in [4.78, 5) is 25.7. The zero-order chi connectivity index (χ0) is 24.0. The van der Waals surface area contributed by atoms with Gasteiger partial charge in [0.15, 0.2) is 22.7 Å². The topological polar surface area (TPSA) is 182 Å². The number of phenolic OH excluding ortho intramolecular Hbond substituents is 4. The maximum absolute atomic E-state index is 12.9. The Morgan fingerprint density at radius 3 is 1.52 bits per heavy atom. The summed E-state index contributed by atoms with van der Waals surface area (Å²) < 4.78 is 10.3. The van der Waals surface area contributed by atoms with Gasteiger partial charge in [0.25, 0.3) is 0 Å². The lowest BCUT2D eigenvalue weighted by Gasteiger charge is -2.19. The Labute approximate surface area is 184 Å². The molecule has 2 aromatic heterocycles. The molecule has 0 aliphatic rings. The molecule has 0 aliphatic heterocycles. The van der Waals surface area contributed by atoms with Crippen LogP contribution in [0.25, 0.3) is 21.9 Å². The van der Waals surface area contributed by atoms with Crippen LogP contribution >= 0.6 is 0 Å². The van der Waals surface area contributed by atoms with Gasteiger partial charge in [-0.2, -0.15) is 0 Å². The number of aromatic hydroxyl groups is 6. The standard InChI is InChI=1S/C23H20O10/c1-2-3-4-9(14-16(26)10-5-7-12(24)18(28)20(10)32-22(14)30)15-17(27)11-6-8-13(25)19(29)21(11)33-23(15)31/h5-9,24-29H,2-4H2,1H3. The highest BCUT2D eigenvalue weighted by atomic mass is 16.4. The minimum Gasteiger partial charge on any atom is -0.507 e. The molecular weight excluding hydrogens is 436 g/mol. The summed E-state index contributed by atoms with van der Waals surface area (Å²) in [5.74, 6) is -4.94. The van der Waals surface area contributed by atoms with Gasteiger partial charge in [0.1, 0.15) is 11.5 Å². The molecule has 0 fully saturated rings. The third-order valence-electron chi connectivity index (χ3n) is 5.61. The predicted molar refractivity (Wildman–Crippen MR) is 116 cm³/mol. The lowest BCUT2D eigenvalue weighted by Crippen LogP contribution is -2.20. The van der Waals surface area contributed by atoms with Gasteiger partial charge in [-0.25, -0.2) is 9.59 Å². The summed E-state index contributed by atoms with van der Waals surface area (Å²) in [5.41, 5.74) is -3.74. The van der Waals surface area contributed by atoms with Crippen LogP contribution in [0.2, 0.25) is 0 Å². The number of fused-ring (bicyclic) bond motifs is 2. The maximum Gasteiger partial charge on any atom is 0.343 e. The van der Waals surface area contributed by atoms with Gasteiger partial charge in [0.2, 0.25) is 11.5 Å². The minimum atomic E-state index is -1.17. The molecule has 2 aromatic carbocycles. The molecule has 0 saturated heterocycles. The second-order valence-corrected chi connectivity index (χ2v) is 7.62. The fourth-order valence-corrected chi connectivity index (χ4v) is 3.94. The Balaban J connectivity index is 2.06. The molecule has 0 amide bonds. The number of benzene rings is 2. The van der Waals surface area contributed by atoms with Gasteiger partial charge < -0.3 is 39.5 Å². The molecule has 33 heavy (non-hydrogen) atoms. The van der Waals surface area contributed by atoms with Gasteiger partial charge in [0.05, 0.1) is 21.9 Å². The van der Waals surface area contributed by atoms with E-state index in [1.807, 2.05) is 6.92 Å². The van der Waals surface area contributed by atoms with Crippen LogP contribution in [0.4, 0.5) is 0 Å². The van der Waals surface area contributed by atoms with E-state index in [0.29, 0.717) is 12.8 Å². The Hall–Kier alpha value is -4.34. The summed E-state index contributed by atoms with van der Waals surface area (Å²) >= 11 is 0. The summed E-state index contributed by atoms with van der Waals surface area (Å²) in [6, 6.07) is 4.65. The molecule has 6 N–H and O–H groups in total. The van der Waals surface area contributed by atoms with E-state index in [9.17, 15) is 40.2 Å². The first-order valence-electron chi connectivity index (χ1n) is 10.1. The van der Waals surface area contributed by atoms with Crippen molar-refractivity contribution in [2.45, 2.75) is 32.1 Å². The lowest BCUT2D eigenvalue weighted by molar-refractivity contribution is 0.389. The van der Waals surface area contributed by atoms with Gasteiger partial charge in [-0.3, -0.25) is 0 Å². The molecule has 0 saturated carbocycles. The minimum absolute atomic E-state index is 0.0892. The number of phenols is 4. The zero-order valence-electron chi connectivity index (χ0n) is 17.3. The highest BCUT2D eigenvalue weighted by molar-refractivity contribution is 5.92. The molecule has 0 unspecified atom stereocenters. The third-order valence-corrected chi connectivity index (χ3v) is 5.61. The van der Waals surface area contributed by atoms with Crippen molar-refractivity contribution in [1.82, 2.24) is 0 Å². The second-order valence-electron chi connectivity index (χ2n) is 7.62. The molecule has 10 nitrogen and oxygen atoms in total. The monoisotopic (exact) mass is 456 g/mol. The normalized spacial score (nSPS) is 11.6. The van der Waals surface area contributed by atoms with E-state index in [-0.39, 0.29) is 28.3 Å². The van der Waals surface area contributed by atoms with Crippen LogP contribution in [0, 0.1) is 0 Å². The molecule has 0 atom stereocenters. The van der Waals surface area contributed by atoms with Gasteiger partial charge >= 0.3 is 11.3 Å². The number of hydrogen-bond acceptors (Lipinski definition) is 10. The van der Waals surface area contributed by atoms with E-state index in [1.165, 1.54) is 12.1 Å². The van der Waals surface area contributed by atoms with Gasteiger partial charge in [0, 0.05) is 5.92 Å². The third kappa shape index (κ3) is 3.36. The molecular formula is C23H20O10. The van der Waals surface area contributed by atoms with E-state index in [4.69, 9.17) is 8.83 Å². The molecule has 0 aliphatic carbocycles. The Kier molecular flexibility index (Phi) is 5.28. The largest absolute Gasteiger partial charge is 0.507 e. The first kappa shape index (κ1) is 21.9. The SMILES string of the molecule is CCCCC(c1c(O)c2ccc(O)c(O)c2oc1=O)c1c(O)c2ccc(O)c(O)c2oc1=O. The Morgan fingerprint density at radius 2 is 1.12 bits per heavy atom. The average molecular weight is 456 g/mol. The molecule has 0 radical (unpaired) electrons. The van der Waals surface area contributed by atoms with Gasteiger partial charge in [-0.15, -0.1) is 0 Å². The zero-order valence-corrected chi connectivity index (χ0v) is 17.3. The lowest BCUT2D eigenvalue weighted by atomic mass is 9.86. The van der Waals surface area contributed by atoms with Crippen LogP contribution in [0.5, 0.6) is 34.5 Å². The van der Waals surface area contributed by atoms with Gasteiger partial charge in [-0.05, 0) is 30.7 Å². The predicted octanol–water partition coefficient (Wildman–Crippen LogP) is 3.46. The quantitative estimate of drug-likeness (QED) is 0.192. The van der Waals surface area contributed by atoms with Crippen molar-refractivity contribution in [3.8, 4) is 34.5 Å². The second kappa shape index (κ2) is 7.97. The molecule has 4 rings (SSSR count). The van der Waals surface area contributed by atoms with Crippen molar-refractivity contribution >= 4 is 21.9 Å². The summed E-state index contributed by atoms with van der Waals surface area (Å²) in [7, 11) is 0. The average Bonchev–Trinajstić information content (AvgIpc) is 2.77. The van der Waals surface area contributed by atoms with Gasteiger partial charge in [-0.1, -0.05) is 19.8 Å². The highest BCUT2D eigenvalue weighted by Gasteiger charge is 2.32. The van der Waals surface area contributed by atoms with Crippen LogP contribution in [-0.2, 0) is 0 Å². The fraction of sp³-hybridized carbons (Fsp3) is 0.217. The van der Waals surface area contributed by atoms with Crippen molar-refractivity contribution < 1.29 is 39.5 Å². The molecule has 4 aromatic rings. The van der Waals surface area contributed by atoms with Crippen LogP contribution in [-0.4, -0.2) is 30.6 Å². The van der Waals surface area contributed by atoms with Crippen molar-refractivity contribution in [2.75, 3.05) is 0 Å². The van der Waals surface area contributed by atoms with Crippen LogP contribution < -0.4 is 11.3 Å². The van der Waals surface area contributed by atoms with Crippen molar-refractivity contribution in [3.63, 3.8) is 0 Å². The van der Waals surface area contributed by atoms with E-state index < -0.39 is 62.8 Å². The maximum atomic E-state index is 12.9. The summed E-state index contributed by atoms with van der Waals surface area (Å²) in [5, 5.41) is 61.0. The summed E-state index contributed by atoms with van der Waals surface area (Å²) in [6.45, 7) is 1.87. The first-order chi connectivity index (χ1) is 15.7. The molecule has 10 heteroatoms. The Morgan fingerprint density at radius 1 is 0.697 bits per heavy atom. The smallest absolute Gasteiger partial charge is 0.343 e. The summed E-state index contributed by atoms with van der Waals surface area (Å²) in [6.07, 6.45) is 1.28. The van der Waals surface area contributed by atoms with E-state index in [1.54, 1.807) is 0 Å². The van der Waals surface area contributed by atoms with Crippen molar-refractivity contribution in [2.24, 2.45) is 0 Å². The van der Waals surface area contributed by atoms with Crippen molar-refractivity contribution in [1.29, 1.82) is 0 Å². The van der Waals surface area contributed by atoms with Crippen LogP contribution in [0.3, 0.4) is 0 Å². The van der Waals surface area contributed by atoms with E-state index in [2.05, 4.69) is 0 Å². The fourth-order valence-electron chi connectivity index (χ4n) is 3.94. The highest BCUT2D eigenvalue weighted by Crippen LogP contribution is 2.45.